The van der Waals surface area contributed by atoms with Crippen LogP contribution in [0.5, 0.6) is 0 Å². The van der Waals surface area contributed by atoms with Crippen molar-refractivity contribution in [1.29, 1.82) is 0 Å². The summed E-state index contributed by atoms with van der Waals surface area (Å²) in [6, 6.07) is 8.80. The van der Waals surface area contributed by atoms with E-state index in [-0.39, 0.29) is 5.78 Å². The van der Waals surface area contributed by atoms with Crippen molar-refractivity contribution in [2.45, 2.75) is 12.0 Å². The number of hydrogen-bond acceptors (Lipinski definition) is 3. The van der Waals surface area contributed by atoms with E-state index >= 15 is 0 Å². The Hall–Kier alpha value is -1.84. The van der Waals surface area contributed by atoms with Crippen LogP contribution in [0.3, 0.4) is 0 Å². The van der Waals surface area contributed by atoms with Crippen LogP contribution in [-0.4, -0.2) is 10.8 Å². The Morgan fingerprint density at radius 3 is 2.71 bits per heavy atom. The molecule has 1 aliphatic rings. The van der Waals surface area contributed by atoms with Gasteiger partial charge in [0, 0.05) is 40.5 Å². The van der Waals surface area contributed by atoms with Crippen molar-refractivity contribution in [3.05, 3.63) is 76.2 Å². The van der Waals surface area contributed by atoms with E-state index in [0.717, 1.165) is 5.56 Å². The van der Waals surface area contributed by atoms with Gasteiger partial charge in [-0.05, 0) is 23.8 Å². The fourth-order valence-electron chi connectivity index (χ4n) is 2.38. The maximum Gasteiger partial charge on any atom is 0.207 e. The molecule has 0 fully saturated rings. The van der Waals surface area contributed by atoms with E-state index in [1.165, 1.54) is 12.3 Å². The fraction of sp³-hybridized carbons (Fsp3) is 0.125. The molecule has 3 rings (SSSR count). The summed E-state index contributed by atoms with van der Waals surface area (Å²) in [6.45, 7) is 0. The lowest BCUT2D eigenvalue weighted by Crippen LogP contribution is -2.36. The van der Waals surface area contributed by atoms with E-state index in [2.05, 4.69) is 4.98 Å². The van der Waals surface area contributed by atoms with Gasteiger partial charge in [-0.15, -0.1) is 0 Å². The second kappa shape index (κ2) is 5.51. The Labute approximate surface area is 132 Å². The number of ether oxygens (including phenoxy) is 1. The van der Waals surface area contributed by atoms with Gasteiger partial charge in [0.05, 0.1) is 6.26 Å². The van der Waals surface area contributed by atoms with Crippen molar-refractivity contribution in [3.8, 4) is 0 Å². The van der Waals surface area contributed by atoms with Gasteiger partial charge in [0.1, 0.15) is 0 Å². The van der Waals surface area contributed by atoms with Crippen LogP contribution in [0.25, 0.3) is 0 Å². The maximum absolute atomic E-state index is 12.4. The quantitative estimate of drug-likeness (QED) is 0.860. The number of ketones is 1. The molecule has 2 aromatic rings. The number of halogens is 2. The summed E-state index contributed by atoms with van der Waals surface area (Å²) in [5, 5.41) is 1.06. The number of carbonyl (C=O) groups excluding carboxylic acids is 1. The van der Waals surface area contributed by atoms with Crippen LogP contribution in [0.1, 0.15) is 11.1 Å². The molecule has 0 bridgehead atoms. The monoisotopic (exact) mass is 319 g/mol. The number of nitrogens with zero attached hydrogens (tertiary/aromatic N) is 1. The minimum absolute atomic E-state index is 0.124. The molecule has 0 N–H and O–H groups in total. The molecule has 1 aromatic heterocycles. The molecule has 1 atom stereocenters. The molecule has 1 aromatic carbocycles. The van der Waals surface area contributed by atoms with Crippen molar-refractivity contribution in [2.24, 2.45) is 0 Å². The average molecular weight is 320 g/mol. The zero-order chi connectivity index (χ0) is 14.9. The number of rotatable bonds is 3. The lowest BCUT2D eigenvalue weighted by molar-refractivity contribution is -0.130. The van der Waals surface area contributed by atoms with Crippen LogP contribution in [0.4, 0.5) is 0 Å². The predicted molar refractivity (Wildman–Crippen MR) is 81.3 cm³/mol. The van der Waals surface area contributed by atoms with E-state index in [1.807, 2.05) is 6.07 Å². The first-order valence-electron chi connectivity index (χ1n) is 6.35. The standard InChI is InChI=1S/C16H11Cl2NO2/c17-13-4-3-11(14(18)8-13)9-16(15(20)5-7-21-16)12-2-1-6-19-10-12/h1-8,10H,9H2. The van der Waals surface area contributed by atoms with Gasteiger partial charge in [0.15, 0.2) is 0 Å². The van der Waals surface area contributed by atoms with Crippen molar-refractivity contribution >= 4 is 29.0 Å². The first-order chi connectivity index (χ1) is 10.1. The van der Waals surface area contributed by atoms with Crippen LogP contribution in [-0.2, 0) is 21.6 Å². The van der Waals surface area contributed by atoms with Gasteiger partial charge >= 0.3 is 0 Å². The van der Waals surface area contributed by atoms with Gasteiger partial charge in [0.2, 0.25) is 11.4 Å². The van der Waals surface area contributed by atoms with Gasteiger partial charge in [-0.1, -0.05) is 35.3 Å². The first-order valence-corrected chi connectivity index (χ1v) is 7.11. The first kappa shape index (κ1) is 14.1. The number of benzene rings is 1. The van der Waals surface area contributed by atoms with Gasteiger partial charge in [0.25, 0.3) is 0 Å². The molecule has 5 heteroatoms. The summed E-state index contributed by atoms with van der Waals surface area (Å²) >= 11 is 12.1. The third kappa shape index (κ3) is 2.55. The van der Waals surface area contributed by atoms with E-state index < -0.39 is 5.60 Å². The van der Waals surface area contributed by atoms with Crippen LogP contribution in [0.2, 0.25) is 10.0 Å². The molecule has 0 spiro atoms. The summed E-state index contributed by atoms with van der Waals surface area (Å²) in [5.41, 5.74) is 0.388. The third-order valence-electron chi connectivity index (χ3n) is 3.47. The highest BCUT2D eigenvalue weighted by molar-refractivity contribution is 6.35. The van der Waals surface area contributed by atoms with Gasteiger partial charge in [-0.25, -0.2) is 0 Å². The molecule has 0 amide bonds. The van der Waals surface area contributed by atoms with E-state index in [4.69, 9.17) is 27.9 Å². The number of pyridine rings is 1. The molecule has 1 aliphatic heterocycles. The minimum atomic E-state index is -1.11. The second-order valence-corrected chi connectivity index (χ2v) is 5.61. The highest BCUT2D eigenvalue weighted by Gasteiger charge is 2.44. The molecule has 106 valence electrons. The van der Waals surface area contributed by atoms with Crippen LogP contribution in [0, 0.1) is 0 Å². The molecule has 3 nitrogen and oxygen atoms in total. The smallest absolute Gasteiger partial charge is 0.207 e. The van der Waals surface area contributed by atoms with Gasteiger partial charge in [-0.3, -0.25) is 9.78 Å². The summed E-state index contributed by atoms with van der Waals surface area (Å²) in [4.78, 5) is 16.4. The Balaban J connectivity index is 2.04. The summed E-state index contributed by atoms with van der Waals surface area (Å²) in [6.07, 6.45) is 6.45. The Bertz CT molecular complexity index is 715. The summed E-state index contributed by atoms with van der Waals surface area (Å²) in [5.74, 6) is -0.124. The zero-order valence-electron chi connectivity index (χ0n) is 10.9. The Kier molecular flexibility index (Phi) is 3.70. The van der Waals surface area contributed by atoms with Crippen molar-refractivity contribution in [3.63, 3.8) is 0 Å². The average Bonchev–Trinajstić information content (AvgIpc) is 2.85. The summed E-state index contributed by atoms with van der Waals surface area (Å²) < 4.78 is 5.67. The Morgan fingerprint density at radius 2 is 2.10 bits per heavy atom. The molecular weight excluding hydrogens is 309 g/mol. The lowest BCUT2D eigenvalue weighted by Gasteiger charge is -2.27. The fourth-order valence-corrected chi connectivity index (χ4v) is 2.86. The van der Waals surface area contributed by atoms with E-state index in [1.54, 1.807) is 36.7 Å². The molecule has 0 aliphatic carbocycles. The van der Waals surface area contributed by atoms with E-state index in [0.29, 0.717) is 22.0 Å². The van der Waals surface area contributed by atoms with Gasteiger partial charge < -0.3 is 4.74 Å². The molecule has 1 unspecified atom stereocenters. The normalized spacial score (nSPS) is 20.6. The molecule has 0 saturated heterocycles. The Morgan fingerprint density at radius 1 is 1.24 bits per heavy atom. The highest BCUT2D eigenvalue weighted by Crippen LogP contribution is 2.37. The predicted octanol–water partition coefficient (Wildman–Crippen LogP) is 3.94. The second-order valence-electron chi connectivity index (χ2n) is 4.77. The zero-order valence-corrected chi connectivity index (χ0v) is 12.4. The van der Waals surface area contributed by atoms with Crippen LogP contribution >= 0.6 is 23.2 Å². The molecule has 21 heavy (non-hydrogen) atoms. The maximum atomic E-state index is 12.4. The highest BCUT2D eigenvalue weighted by atomic mass is 35.5. The van der Waals surface area contributed by atoms with Gasteiger partial charge in [-0.2, -0.15) is 0 Å². The van der Waals surface area contributed by atoms with Crippen molar-refractivity contribution < 1.29 is 9.53 Å². The molecule has 0 radical (unpaired) electrons. The molecular formula is C16H11Cl2NO2. The van der Waals surface area contributed by atoms with Crippen molar-refractivity contribution in [1.82, 2.24) is 4.98 Å². The molecule has 2 heterocycles. The van der Waals surface area contributed by atoms with E-state index in [9.17, 15) is 4.79 Å². The van der Waals surface area contributed by atoms with Crippen LogP contribution in [0.15, 0.2) is 55.1 Å². The number of carbonyl (C=O) groups is 1. The number of aromatic nitrogens is 1. The molecule has 0 saturated carbocycles. The third-order valence-corrected chi connectivity index (χ3v) is 4.06. The topological polar surface area (TPSA) is 39.2 Å². The summed E-state index contributed by atoms with van der Waals surface area (Å²) in [7, 11) is 0. The lowest BCUT2D eigenvalue weighted by atomic mass is 9.85. The van der Waals surface area contributed by atoms with Crippen molar-refractivity contribution in [2.75, 3.05) is 0 Å². The SMILES string of the molecule is O=C1C=COC1(Cc1ccc(Cl)cc1Cl)c1cccnc1. The minimum Gasteiger partial charge on any atom is -0.481 e. The van der Waals surface area contributed by atoms with Crippen LogP contribution < -0.4 is 0 Å². The number of hydrogen-bond donors (Lipinski definition) is 0. The largest absolute Gasteiger partial charge is 0.481 e.